The van der Waals surface area contributed by atoms with Crippen LogP contribution in [0.2, 0.25) is 0 Å². The first-order valence-corrected chi connectivity index (χ1v) is 49.1. The Balaban J connectivity index is 0.000000194. The number of carboxylic acids is 4. The van der Waals surface area contributed by atoms with Gasteiger partial charge in [0.2, 0.25) is 0 Å². The van der Waals surface area contributed by atoms with E-state index in [4.69, 9.17) is 62.8 Å². The molecule has 0 saturated heterocycles. The molecule has 0 unspecified atom stereocenters. The van der Waals surface area contributed by atoms with Gasteiger partial charge in [0.1, 0.15) is 41.3 Å². The summed E-state index contributed by atoms with van der Waals surface area (Å²) in [6.45, 7) is 7.11. The largest absolute Gasteiger partial charge is 0.508 e. The van der Waals surface area contributed by atoms with Gasteiger partial charge in [0.25, 0.3) is 0 Å². The summed E-state index contributed by atoms with van der Waals surface area (Å²) in [6, 6.07) is 23.2. The van der Waals surface area contributed by atoms with Gasteiger partial charge >= 0.3 is 50.0 Å². The molecular weight excluding hydrogens is 1680 g/mol. The lowest BCUT2D eigenvalue weighted by molar-refractivity contribution is -0.140. The summed E-state index contributed by atoms with van der Waals surface area (Å²) in [6.07, 6.45) is 27.2. The number of aliphatic hydroxyl groups is 4. The zero-order valence-electron chi connectivity index (χ0n) is 77.1. The summed E-state index contributed by atoms with van der Waals surface area (Å²) in [4.78, 5) is 99.3. The number of nitrogens with zero attached hydrogens (tertiary/aromatic N) is 1. The van der Waals surface area contributed by atoms with Crippen LogP contribution in [-0.2, 0) is 98.6 Å². The van der Waals surface area contributed by atoms with E-state index in [2.05, 4.69) is 51.2 Å². The molecule has 4 aromatic carbocycles. The van der Waals surface area contributed by atoms with Crippen LogP contribution in [0, 0.1) is 71.0 Å². The van der Waals surface area contributed by atoms with E-state index in [9.17, 15) is 68.3 Å². The number of ether oxygens (including phenoxy) is 8. The average molecular weight is 1830 g/mol. The maximum atomic E-state index is 12.1. The van der Waals surface area contributed by atoms with Crippen molar-refractivity contribution >= 4 is 50.0 Å². The molecule has 11 N–H and O–H groups in total. The van der Waals surface area contributed by atoms with Gasteiger partial charge in [0, 0.05) is 21.1 Å². The van der Waals surface area contributed by atoms with E-state index in [0.29, 0.717) is 84.2 Å². The first kappa shape index (κ1) is 104. The minimum atomic E-state index is -4.56. The number of aliphatic carboxylic acids is 4. The molecule has 0 heterocycles. The Morgan fingerprint density at radius 1 is 0.395 bits per heavy atom. The molecule has 0 aliphatic heterocycles. The second-order valence-electron chi connectivity index (χ2n) is 37.4. The Kier molecular flexibility index (Phi) is 42.3. The standard InChI is InChI=1S/C26H39NO6.C25H37NO6.C25H36O7.C23H35O8P/c1-4-5-6-9-19(33-26(31)27(2)3)11-12-20-21-13-17-8-7-10-24(32-16-25(29)30)22(17)14-18(21)15-23(20)28;1-3-4-5-8-18(32-25(30)26-2)10-11-19-20-12-16-7-6-9-23(31-15-24(28)29)21(16)13-17(20)14-22(19)27;1-3-4-5-8-18(32-25(29)30-2)10-11-19-20-12-16-7-6-9-23(31-15-24(27)28)21(16)13-17(20)14-22(19)26;1-2-3-4-7-17(31-32(27,28)29)9-10-18-19-11-15-6-5-8-22(30-14-23(25)26)20(15)12-16(19)13-21(18)24/h7-8,10,18-21,23,28H,4-6,9,11-16H2,1-3H3,(H,29,30);6-7,9,17-20,22,27H,3-5,8,10-15H2,1-2H3,(H,26,30)(H,28,29);6-7,9,17-20,22,26H,3-5,8,10-15H2,1-2H3,(H,27,28);5-6,8,16-19,21,24H,2-4,7,9-14H2,1H3,(H,25,26)(H2,27,28,29)/t18-,19-,20+,21-,23+;2*17-,18-,19+,20-,22+;16-,17-,18+,19-,21+/m0000/s1. The van der Waals surface area contributed by atoms with Crippen molar-refractivity contribution < 1.29 is 131 Å². The Morgan fingerprint density at radius 2 is 0.667 bits per heavy atom. The Labute approximate surface area is 761 Å². The molecule has 4 aromatic rings. The van der Waals surface area contributed by atoms with Gasteiger partial charge in [0.05, 0.1) is 37.6 Å². The van der Waals surface area contributed by atoms with Crippen LogP contribution in [0.4, 0.5) is 14.4 Å². The molecule has 4 fully saturated rings. The Bertz CT molecular complexity index is 4120. The van der Waals surface area contributed by atoms with Crippen molar-refractivity contribution in [1.82, 2.24) is 10.2 Å². The fourth-order valence-electron chi connectivity index (χ4n) is 22.2. The summed E-state index contributed by atoms with van der Waals surface area (Å²) in [5.74, 6) is 1.86. The number of carboxylic acid groups (broad SMARTS) is 4. The molecule has 2 amide bonds. The summed E-state index contributed by atoms with van der Waals surface area (Å²) < 4.78 is 60.1. The quantitative estimate of drug-likeness (QED) is 0.00847. The number of phosphoric acid groups is 1. The average Bonchev–Trinajstić information content (AvgIpc) is 1.67. The zero-order valence-corrected chi connectivity index (χ0v) is 78.0. The van der Waals surface area contributed by atoms with Crippen molar-refractivity contribution in [2.45, 2.75) is 308 Å². The van der Waals surface area contributed by atoms with Gasteiger partial charge in [-0.25, -0.2) is 38.1 Å². The highest BCUT2D eigenvalue weighted by Gasteiger charge is 2.50. The lowest BCUT2D eigenvalue weighted by atomic mass is 9.73. The van der Waals surface area contributed by atoms with Crippen LogP contribution < -0.4 is 24.3 Å². The van der Waals surface area contributed by atoms with E-state index < -0.39 is 56.2 Å². The zero-order chi connectivity index (χ0) is 93.4. The molecule has 720 valence electrons. The molecule has 20 atom stereocenters. The number of carbonyl (C=O) groups is 7. The van der Waals surface area contributed by atoms with Crippen molar-refractivity contribution in [3.05, 3.63) is 117 Å². The van der Waals surface area contributed by atoms with E-state index in [1.54, 1.807) is 27.2 Å². The van der Waals surface area contributed by atoms with E-state index in [1.165, 1.54) is 28.7 Å². The lowest BCUT2D eigenvalue weighted by Crippen LogP contribution is -2.31. The Hall–Kier alpha value is -8.28. The number of hydrogen-bond acceptors (Lipinski definition) is 21. The topological polar surface area (TPSA) is 437 Å². The molecule has 0 radical (unpaired) electrons. The van der Waals surface area contributed by atoms with E-state index in [-0.39, 0.29) is 105 Å². The second kappa shape index (κ2) is 52.2. The first-order chi connectivity index (χ1) is 61.8. The smallest absolute Gasteiger partial charge is 0.482 e. The molecule has 30 heteroatoms. The van der Waals surface area contributed by atoms with Gasteiger partial charge in [-0.3, -0.25) is 4.52 Å². The molecule has 8 aliphatic carbocycles. The van der Waals surface area contributed by atoms with Crippen molar-refractivity contribution in [3.63, 3.8) is 0 Å². The third kappa shape index (κ3) is 31.7. The first-order valence-electron chi connectivity index (χ1n) is 47.6. The number of methoxy groups -OCH3 is 1. The van der Waals surface area contributed by atoms with E-state index in [1.807, 2.05) is 48.5 Å². The van der Waals surface area contributed by atoms with Crippen LogP contribution in [0.3, 0.4) is 0 Å². The number of phosphoric ester groups is 1. The lowest BCUT2D eigenvalue weighted by Gasteiger charge is -2.33. The number of unbranched alkanes of at least 4 members (excludes halogenated alkanes) is 8. The number of rotatable bonds is 45. The van der Waals surface area contributed by atoms with Crippen molar-refractivity contribution in [3.8, 4) is 23.0 Å². The molecule has 0 aromatic heterocycles. The monoisotopic (exact) mass is 1830 g/mol. The fourth-order valence-corrected chi connectivity index (χ4v) is 22.8. The summed E-state index contributed by atoms with van der Waals surface area (Å²) in [5, 5.41) is 81.8. The van der Waals surface area contributed by atoms with Gasteiger partial charge in [-0.1, -0.05) is 134 Å². The van der Waals surface area contributed by atoms with Crippen LogP contribution in [0.5, 0.6) is 23.0 Å². The normalized spacial score (nSPS) is 25.0. The molecular formula is C99H147N2O27P. The predicted octanol–water partition coefficient (Wildman–Crippen LogP) is 16.3. The molecule has 4 saturated carbocycles. The minimum Gasteiger partial charge on any atom is -0.482 e. The van der Waals surface area contributed by atoms with Gasteiger partial charge in [-0.15, -0.1) is 0 Å². The van der Waals surface area contributed by atoms with Crippen molar-refractivity contribution in [2.24, 2.45) is 71.0 Å². The SMILES string of the molecule is CCCCC[C@@H](CC[C@@H]1[C@H]2Cc3cccc(OCC(=O)O)c3C[C@H]2C[C@H]1O)OC(=O)N(C)C.CCCCC[C@@H](CC[C@@H]1[C@H]2Cc3cccc(OCC(=O)O)c3C[C@H]2C[C@H]1O)OC(=O)NC.CCCCC[C@@H](CC[C@@H]1[C@H]2Cc3cccc(OCC(=O)O)c3C[C@H]2C[C@H]1O)OC(=O)OC.CCCCC[C@@H](CC[C@@H]1[C@H]2Cc3cccc(OCC(=O)O)c3C[C@H]2C[C@H]1O)OP(=O)(O)O. The van der Waals surface area contributed by atoms with Crippen LogP contribution in [-0.4, -0.2) is 201 Å². The number of benzene rings is 4. The molecule has 0 bridgehead atoms. The summed E-state index contributed by atoms with van der Waals surface area (Å²) in [5.41, 5.74) is 8.97. The van der Waals surface area contributed by atoms with Crippen LogP contribution in [0.1, 0.15) is 252 Å². The number of hydrogen-bond donors (Lipinski definition) is 11. The molecule has 29 nitrogen and oxygen atoms in total. The highest BCUT2D eigenvalue weighted by molar-refractivity contribution is 7.46. The van der Waals surface area contributed by atoms with Gasteiger partial charge < -0.3 is 98.8 Å². The van der Waals surface area contributed by atoms with Gasteiger partial charge in [-0.2, -0.15) is 0 Å². The summed E-state index contributed by atoms with van der Waals surface area (Å²) in [7, 11) is 1.74. The number of alkyl carbamates (subject to hydrolysis) is 1. The van der Waals surface area contributed by atoms with Crippen molar-refractivity contribution in [1.29, 1.82) is 0 Å². The number of nitrogens with one attached hydrogen (secondary N) is 1. The third-order valence-electron chi connectivity index (χ3n) is 28.4. The van der Waals surface area contributed by atoms with Crippen LogP contribution >= 0.6 is 7.82 Å². The van der Waals surface area contributed by atoms with E-state index >= 15 is 0 Å². The van der Waals surface area contributed by atoms with Crippen LogP contribution in [0.25, 0.3) is 0 Å². The van der Waals surface area contributed by atoms with Crippen molar-refractivity contribution in [2.75, 3.05) is 54.7 Å². The molecule has 12 rings (SSSR count). The summed E-state index contributed by atoms with van der Waals surface area (Å²) >= 11 is 0. The second-order valence-corrected chi connectivity index (χ2v) is 38.6. The highest BCUT2D eigenvalue weighted by atomic mass is 31.2. The van der Waals surface area contributed by atoms with E-state index in [0.717, 1.165) is 233 Å². The third-order valence-corrected chi connectivity index (χ3v) is 29.0. The highest BCUT2D eigenvalue weighted by Crippen LogP contribution is 2.54. The number of aliphatic hydroxyl groups excluding tert-OH is 4. The van der Waals surface area contributed by atoms with Crippen LogP contribution in [0.15, 0.2) is 72.8 Å². The number of fused-ring (bicyclic) bond motifs is 8. The molecule has 0 spiro atoms. The maximum Gasteiger partial charge on any atom is 0.508 e. The number of amides is 2. The molecule has 129 heavy (non-hydrogen) atoms. The number of carbonyl (C=O) groups excluding carboxylic acids is 3. The van der Waals surface area contributed by atoms with Gasteiger partial charge in [-0.05, 0) is 313 Å². The minimum absolute atomic E-state index is 0.0470. The Morgan fingerprint density at radius 3 is 0.922 bits per heavy atom. The fraction of sp³-hybridized carbons (Fsp3) is 0.687. The predicted molar refractivity (Wildman–Crippen MR) is 483 cm³/mol. The molecule has 8 aliphatic rings. The maximum absolute atomic E-state index is 12.1. The van der Waals surface area contributed by atoms with Gasteiger partial charge in [0.15, 0.2) is 26.4 Å².